The van der Waals surface area contributed by atoms with E-state index in [4.69, 9.17) is 15.2 Å². The van der Waals surface area contributed by atoms with E-state index >= 15 is 0 Å². The second-order valence-corrected chi connectivity index (χ2v) is 4.92. The standard InChI is InChI=1S/C14H18N2O3/c15-8-10-4-1-2-7-16(10)14(17)11-5-3-6-12-13(11)19-9-18-12/h3,5-6,10H,1-2,4,7-9,15H2. The number of hydrogen-bond acceptors (Lipinski definition) is 4. The van der Waals surface area contributed by atoms with Gasteiger partial charge in [-0.05, 0) is 31.4 Å². The van der Waals surface area contributed by atoms with E-state index in [0.717, 1.165) is 25.8 Å². The van der Waals surface area contributed by atoms with Gasteiger partial charge in [0.25, 0.3) is 5.91 Å². The SMILES string of the molecule is NCC1CCCCN1C(=O)c1cccc2c1OCO2. The first kappa shape index (κ1) is 12.3. The van der Waals surface area contributed by atoms with Gasteiger partial charge in [0, 0.05) is 19.1 Å². The average molecular weight is 262 g/mol. The summed E-state index contributed by atoms with van der Waals surface area (Å²) in [6, 6.07) is 5.56. The number of carbonyl (C=O) groups is 1. The third-order valence-corrected chi connectivity index (χ3v) is 3.79. The monoisotopic (exact) mass is 262 g/mol. The van der Waals surface area contributed by atoms with E-state index in [9.17, 15) is 4.79 Å². The average Bonchev–Trinajstić information content (AvgIpc) is 2.94. The predicted molar refractivity (Wildman–Crippen MR) is 70.3 cm³/mol. The highest BCUT2D eigenvalue weighted by atomic mass is 16.7. The number of benzene rings is 1. The summed E-state index contributed by atoms with van der Waals surface area (Å²) >= 11 is 0. The molecule has 5 nitrogen and oxygen atoms in total. The lowest BCUT2D eigenvalue weighted by molar-refractivity contribution is 0.0619. The first-order chi connectivity index (χ1) is 9.31. The quantitative estimate of drug-likeness (QED) is 0.874. The summed E-state index contributed by atoms with van der Waals surface area (Å²) in [5.74, 6) is 1.21. The van der Waals surface area contributed by atoms with E-state index in [2.05, 4.69) is 0 Å². The van der Waals surface area contributed by atoms with Crippen LogP contribution in [0.4, 0.5) is 0 Å². The van der Waals surface area contributed by atoms with Gasteiger partial charge in [0.15, 0.2) is 11.5 Å². The van der Waals surface area contributed by atoms with Crippen LogP contribution < -0.4 is 15.2 Å². The van der Waals surface area contributed by atoms with E-state index in [1.165, 1.54) is 0 Å². The normalized spacial score (nSPS) is 21.5. The number of rotatable bonds is 2. The fourth-order valence-corrected chi connectivity index (χ4v) is 2.77. The largest absolute Gasteiger partial charge is 0.454 e. The maximum Gasteiger partial charge on any atom is 0.258 e. The van der Waals surface area contributed by atoms with Gasteiger partial charge in [0.2, 0.25) is 6.79 Å². The van der Waals surface area contributed by atoms with Crippen molar-refractivity contribution in [3.8, 4) is 11.5 Å². The van der Waals surface area contributed by atoms with E-state index < -0.39 is 0 Å². The molecule has 0 radical (unpaired) electrons. The second kappa shape index (κ2) is 5.09. The Morgan fingerprint density at radius 2 is 2.26 bits per heavy atom. The molecule has 0 saturated carbocycles. The highest BCUT2D eigenvalue weighted by molar-refractivity contribution is 5.98. The summed E-state index contributed by atoms with van der Waals surface area (Å²) in [6.45, 7) is 1.46. The Kier molecular flexibility index (Phi) is 3.29. The molecule has 0 bridgehead atoms. The Bertz CT molecular complexity index is 490. The summed E-state index contributed by atoms with van der Waals surface area (Å²) in [5.41, 5.74) is 6.35. The van der Waals surface area contributed by atoms with Crippen LogP contribution >= 0.6 is 0 Å². The first-order valence-electron chi connectivity index (χ1n) is 6.71. The molecule has 0 aromatic heterocycles. The van der Waals surface area contributed by atoms with Gasteiger partial charge in [-0.15, -0.1) is 0 Å². The molecule has 1 aromatic carbocycles. The molecule has 1 unspecified atom stereocenters. The van der Waals surface area contributed by atoms with Crippen molar-refractivity contribution in [2.24, 2.45) is 5.73 Å². The minimum atomic E-state index is -0.00231. The number of fused-ring (bicyclic) bond motifs is 1. The molecule has 5 heteroatoms. The molecule has 1 aromatic rings. The van der Waals surface area contributed by atoms with Crippen molar-refractivity contribution in [1.29, 1.82) is 0 Å². The second-order valence-electron chi connectivity index (χ2n) is 4.92. The van der Waals surface area contributed by atoms with E-state index in [0.29, 0.717) is 23.6 Å². The van der Waals surface area contributed by atoms with Gasteiger partial charge in [-0.1, -0.05) is 6.07 Å². The zero-order valence-electron chi connectivity index (χ0n) is 10.8. The highest BCUT2D eigenvalue weighted by Gasteiger charge is 2.30. The summed E-state index contributed by atoms with van der Waals surface area (Å²) < 4.78 is 10.7. The van der Waals surface area contributed by atoms with Crippen LogP contribution in [-0.4, -0.2) is 36.7 Å². The maximum absolute atomic E-state index is 12.7. The lowest BCUT2D eigenvalue weighted by Gasteiger charge is -2.35. The third kappa shape index (κ3) is 2.14. The zero-order valence-corrected chi connectivity index (χ0v) is 10.8. The minimum absolute atomic E-state index is 0.00231. The number of likely N-dealkylation sites (tertiary alicyclic amines) is 1. The van der Waals surface area contributed by atoms with Crippen molar-refractivity contribution >= 4 is 5.91 Å². The fourth-order valence-electron chi connectivity index (χ4n) is 2.77. The van der Waals surface area contributed by atoms with Crippen molar-refractivity contribution in [3.63, 3.8) is 0 Å². The number of nitrogens with zero attached hydrogens (tertiary/aromatic N) is 1. The van der Waals surface area contributed by atoms with Crippen molar-refractivity contribution in [1.82, 2.24) is 4.90 Å². The molecule has 2 aliphatic heterocycles. The molecule has 2 heterocycles. The molecule has 102 valence electrons. The van der Waals surface area contributed by atoms with E-state index in [1.54, 1.807) is 6.07 Å². The Balaban J connectivity index is 1.89. The van der Waals surface area contributed by atoms with Crippen molar-refractivity contribution in [2.45, 2.75) is 25.3 Å². The Labute approximate surface area is 112 Å². The van der Waals surface area contributed by atoms with Gasteiger partial charge in [-0.25, -0.2) is 0 Å². The number of hydrogen-bond donors (Lipinski definition) is 1. The van der Waals surface area contributed by atoms with Crippen molar-refractivity contribution in [2.75, 3.05) is 19.9 Å². The van der Waals surface area contributed by atoms with Gasteiger partial charge < -0.3 is 20.1 Å². The minimum Gasteiger partial charge on any atom is -0.454 e. The molecule has 2 N–H and O–H groups in total. The molecule has 1 amide bonds. The van der Waals surface area contributed by atoms with Crippen molar-refractivity contribution < 1.29 is 14.3 Å². The van der Waals surface area contributed by atoms with Crippen LogP contribution in [0.3, 0.4) is 0 Å². The molecule has 1 atom stereocenters. The Morgan fingerprint density at radius 3 is 3.11 bits per heavy atom. The molecular weight excluding hydrogens is 244 g/mol. The van der Waals surface area contributed by atoms with Crippen LogP contribution in [0.5, 0.6) is 11.5 Å². The van der Waals surface area contributed by atoms with Crippen LogP contribution in [0.15, 0.2) is 18.2 Å². The number of nitrogens with two attached hydrogens (primary N) is 1. The smallest absolute Gasteiger partial charge is 0.258 e. The highest BCUT2D eigenvalue weighted by Crippen LogP contribution is 2.36. The van der Waals surface area contributed by atoms with E-state index in [1.807, 2.05) is 17.0 Å². The summed E-state index contributed by atoms with van der Waals surface area (Å²) in [4.78, 5) is 14.5. The third-order valence-electron chi connectivity index (χ3n) is 3.79. The van der Waals surface area contributed by atoms with Gasteiger partial charge in [0.1, 0.15) is 0 Å². The molecule has 1 saturated heterocycles. The summed E-state index contributed by atoms with van der Waals surface area (Å²) in [7, 11) is 0. The lowest BCUT2D eigenvalue weighted by Crippen LogP contribution is -2.47. The zero-order chi connectivity index (χ0) is 13.2. The molecule has 2 aliphatic rings. The molecule has 0 spiro atoms. The fraction of sp³-hybridized carbons (Fsp3) is 0.500. The van der Waals surface area contributed by atoms with Gasteiger partial charge in [-0.2, -0.15) is 0 Å². The predicted octanol–water partition coefficient (Wildman–Crippen LogP) is 1.37. The first-order valence-corrected chi connectivity index (χ1v) is 6.71. The number of piperidine rings is 1. The van der Waals surface area contributed by atoms with Crippen LogP contribution in [0.25, 0.3) is 0 Å². The Morgan fingerprint density at radius 1 is 1.37 bits per heavy atom. The van der Waals surface area contributed by atoms with Crippen LogP contribution in [0.2, 0.25) is 0 Å². The van der Waals surface area contributed by atoms with Gasteiger partial charge >= 0.3 is 0 Å². The summed E-state index contributed by atoms with van der Waals surface area (Å²) in [5, 5.41) is 0. The van der Waals surface area contributed by atoms with Crippen LogP contribution in [0, 0.1) is 0 Å². The summed E-state index contributed by atoms with van der Waals surface area (Å²) in [6.07, 6.45) is 3.15. The van der Waals surface area contributed by atoms with Gasteiger partial charge in [-0.3, -0.25) is 4.79 Å². The van der Waals surface area contributed by atoms with Crippen LogP contribution in [0.1, 0.15) is 29.6 Å². The molecular formula is C14H18N2O3. The molecule has 19 heavy (non-hydrogen) atoms. The number of carbonyl (C=O) groups excluding carboxylic acids is 1. The number of ether oxygens (including phenoxy) is 2. The maximum atomic E-state index is 12.7. The van der Waals surface area contributed by atoms with Gasteiger partial charge in [0.05, 0.1) is 5.56 Å². The number of para-hydroxylation sites is 1. The van der Waals surface area contributed by atoms with Crippen LogP contribution in [-0.2, 0) is 0 Å². The lowest BCUT2D eigenvalue weighted by atomic mass is 10.0. The topological polar surface area (TPSA) is 64.8 Å². The van der Waals surface area contributed by atoms with E-state index in [-0.39, 0.29) is 18.7 Å². The molecule has 1 fully saturated rings. The molecule has 0 aliphatic carbocycles. The molecule has 3 rings (SSSR count). The Hall–Kier alpha value is -1.75. The number of amides is 1. The van der Waals surface area contributed by atoms with Crippen molar-refractivity contribution in [3.05, 3.63) is 23.8 Å².